The third kappa shape index (κ3) is 2.58. The molecule has 0 aliphatic heterocycles. The molecule has 0 aliphatic carbocycles. The Balaban J connectivity index is 2.74. The van der Waals surface area contributed by atoms with Crippen molar-refractivity contribution in [2.45, 2.75) is 25.8 Å². The van der Waals surface area contributed by atoms with Crippen LogP contribution < -0.4 is 5.32 Å². The van der Waals surface area contributed by atoms with Crippen LogP contribution in [0.5, 0.6) is 0 Å². The molecule has 14 heavy (non-hydrogen) atoms. The highest BCUT2D eigenvalue weighted by Gasteiger charge is 2.16. The van der Waals surface area contributed by atoms with Crippen LogP contribution in [-0.4, -0.2) is 12.6 Å². The zero-order valence-corrected chi connectivity index (χ0v) is 8.70. The van der Waals surface area contributed by atoms with Gasteiger partial charge in [0.05, 0.1) is 6.07 Å². The van der Waals surface area contributed by atoms with Gasteiger partial charge in [-0.2, -0.15) is 5.26 Å². The molecule has 0 bridgehead atoms. The summed E-state index contributed by atoms with van der Waals surface area (Å²) in [6, 6.07) is 12.3. The van der Waals surface area contributed by atoms with Gasteiger partial charge in [-0.15, -0.1) is 0 Å². The van der Waals surface area contributed by atoms with Crippen molar-refractivity contribution in [2.75, 3.05) is 6.54 Å². The maximum absolute atomic E-state index is 8.98. The molecular weight excluding hydrogens is 172 g/mol. The molecule has 0 radical (unpaired) electrons. The second kappa shape index (κ2) is 5.41. The fourth-order valence-corrected chi connectivity index (χ4v) is 1.50. The Morgan fingerprint density at radius 2 is 2.00 bits per heavy atom. The lowest BCUT2D eigenvalue weighted by molar-refractivity contribution is 0.546. The predicted octanol–water partition coefficient (Wildman–Crippen LogP) is 2.29. The van der Waals surface area contributed by atoms with E-state index >= 15 is 0 Å². The number of benzene rings is 1. The van der Waals surface area contributed by atoms with E-state index in [-0.39, 0.29) is 12.0 Å². The molecule has 1 rings (SSSR count). The number of hydrogen-bond acceptors (Lipinski definition) is 2. The Kier molecular flexibility index (Phi) is 4.15. The van der Waals surface area contributed by atoms with E-state index < -0.39 is 0 Å². The molecule has 0 saturated carbocycles. The smallest absolute Gasteiger partial charge is 0.102 e. The van der Waals surface area contributed by atoms with Gasteiger partial charge in [0, 0.05) is 5.92 Å². The van der Waals surface area contributed by atoms with E-state index in [9.17, 15) is 0 Å². The van der Waals surface area contributed by atoms with Gasteiger partial charge in [-0.1, -0.05) is 44.2 Å². The van der Waals surface area contributed by atoms with Gasteiger partial charge >= 0.3 is 0 Å². The molecule has 2 heteroatoms. The molecule has 74 valence electrons. The van der Waals surface area contributed by atoms with Crippen LogP contribution in [0.3, 0.4) is 0 Å². The van der Waals surface area contributed by atoms with Gasteiger partial charge in [-0.25, -0.2) is 0 Å². The standard InChI is InChI=1S/C12H16N2/c1-3-14-12(9-13)10(2)11-7-5-4-6-8-11/h4-8,10,12,14H,3H2,1-2H3. The van der Waals surface area contributed by atoms with Crippen molar-refractivity contribution in [3.05, 3.63) is 35.9 Å². The van der Waals surface area contributed by atoms with Crippen molar-refractivity contribution >= 4 is 0 Å². The van der Waals surface area contributed by atoms with Crippen molar-refractivity contribution in [3.8, 4) is 6.07 Å². The normalized spacial score (nSPS) is 14.4. The van der Waals surface area contributed by atoms with Crippen LogP contribution in [0.25, 0.3) is 0 Å². The van der Waals surface area contributed by atoms with Crippen molar-refractivity contribution in [1.29, 1.82) is 5.26 Å². The fourth-order valence-electron chi connectivity index (χ4n) is 1.50. The van der Waals surface area contributed by atoms with Gasteiger partial charge in [-0.05, 0) is 12.1 Å². The lowest BCUT2D eigenvalue weighted by Gasteiger charge is -2.18. The first-order chi connectivity index (χ1) is 6.79. The molecule has 2 nitrogen and oxygen atoms in total. The van der Waals surface area contributed by atoms with Crippen molar-refractivity contribution in [2.24, 2.45) is 0 Å². The van der Waals surface area contributed by atoms with E-state index in [2.05, 4.69) is 30.4 Å². The van der Waals surface area contributed by atoms with Gasteiger partial charge in [-0.3, -0.25) is 0 Å². The Labute approximate surface area is 85.6 Å². The zero-order valence-electron chi connectivity index (χ0n) is 8.70. The highest BCUT2D eigenvalue weighted by atomic mass is 14.9. The third-order valence-electron chi connectivity index (χ3n) is 2.39. The summed E-state index contributed by atoms with van der Waals surface area (Å²) in [5.74, 6) is 0.237. The molecule has 0 fully saturated rings. The fraction of sp³-hybridized carbons (Fsp3) is 0.417. The van der Waals surface area contributed by atoms with Crippen LogP contribution >= 0.6 is 0 Å². The highest BCUT2D eigenvalue weighted by molar-refractivity contribution is 5.22. The predicted molar refractivity (Wildman–Crippen MR) is 57.9 cm³/mol. The average molecular weight is 188 g/mol. The minimum Gasteiger partial charge on any atom is -0.302 e. The average Bonchev–Trinajstić information content (AvgIpc) is 2.26. The molecule has 2 atom stereocenters. The number of rotatable bonds is 4. The third-order valence-corrected chi connectivity index (χ3v) is 2.39. The second-order valence-electron chi connectivity index (χ2n) is 3.36. The number of hydrogen-bond donors (Lipinski definition) is 1. The van der Waals surface area contributed by atoms with Crippen molar-refractivity contribution in [3.63, 3.8) is 0 Å². The van der Waals surface area contributed by atoms with Gasteiger partial charge in [0.25, 0.3) is 0 Å². The monoisotopic (exact) mass is 188 g/mol. The summed E-state index contributed by atoms with van der Waals surface area (Å²) in [5.41, 5.74) is 1.21. The van der Waals surface area contributed by atoms with Crippen molar-refractivity contribution in [1.82, 2.24) is 5.32 Å². The second-order valence-corrected chi connectivity index (χ2v) is 3.36. The van der Waals surface area contributed by atoms with E-state index in [4.69, 9.17) is 5.26 Å². The summed E-state index contributed by atoms with van der Waals surface area (Å²) in [4.78, 5) is 0. The molecule has 0 aliphatic rings. The van der Waals surface area contributed by atoms with Crippen LogP contribution in [0.2, 0.25) is 0 Å². The van der Waals surface area contributed by atoms with E-state index in [1.807, 2.05) is 25.1 Å². The summed E-state index contributed by atoms with van der Waals surface area (Å²) in [6.45, 7) is 4.92. The first-order valence-corrected chi connectivity index (χ1v) is 4.97. The minimum absolute atomic E-state index is 0.0950. The minimum atomic E-state index is -0.0950. The maximum atomic E-state index is 8.98. The summed E-state index contributed by atoms with van der Waals surface area (Å²) < 4.78 is 0. The molecule has 0 aromatic heterocycles. The van der Waals surface area contributed by atoms with Crippen LogP contribution in [0, 0.1) is 11.3 Å². The van der Waals surface area contributed by atoms with Gasteiger partial charge in [0.1, 0.15) is 6.04 Å². The number of nitrogens with zero attached hydrogens (tertiary/aromatic N) is 1. The quantitative estimate of drug-likeness (QED) is 0.787. The number of likely N-dealkylation sites (N-methyl/N-ethyl adjacent to an activating group) is 1. The van der Waals surface area contributed by atoms with Gasteiger partial charge in [0.2, 0.25) is 0 Å². The Morgan fingerprint density at radius 3 is 2.50 bits per heavy atom. The molecule has 0 spiro atoms. The number of nitriles is 1. The maximum Gasteiger partial charge on any atom is 0.102 e. The first-order valence-electron chi connectivity index (χ1n) is 4.97. The SMILES string of the molecule is CCNC(C#N)C(C)c1ccccc1. The van der Waals surface area contributed by atoms with Gasteiger partial charge in [0.15, 0.2) is 0 Å². The lowest BCUT2D eigenvalue weighted by Crippen LogP contribution is -2.32. The van der Waals surface area contributed by atoms with E-state index in [1.54, 1.807) is 0 Å². The van der Waals surface area contributed by atoms with Crippen LogP contribution in [0.4, 0.5) is 0 Å². The van der Waals surface area contributed by atoms with E-state index in [0.29, 0.717) is 0 Å². The molecular formula is C12H16N2. The highest BCUT2D eigenvalue weighted by Crippen LogP contribution is 2.18. The topological polar surface area (TPSA) is 35.8 Å². The summed E-state index contributed by atoms with van der Waals surface area (Å²) >= 11 is 0. The molecule has 2 unspecified atom stereocenters. The van der Waals surface area contributed by atoms with Crippen molar-refractivity contribution < 1.29 is 0 Å². The summed E-state index contributed by atoms with van der Waals surface area (Å²) in [6.07, 6.45) is 0. The first kappa shape index (κ1) is 10.7. The van der Waals surface area contributed by atoms with Crippen LogP contribution in [-0.2, 0) is 0 Å². The summed E-state index contributed by atoms with van der Waals surface area (Å²) in [7, 11) is 0. The van der Waals surface area contributed by atoms with Crippen LogP contribution in [0.15, 0.2) is 30.3 Å². The Morgan fingerprint density at radius 1 is 1.36 bits per heavy atom. The van der Waals surface area contributed by atoms with E-state index in [0.717, 1.165) is 6.54 Å². The molecule has 0 heterocycles. The lowest BCUT2D eigenvalue weighted by atomic mass is 9.94. The molecule has 1 aromatic rings. The Bertz CT molecular complexity index is 300. The molecule has 0 saturated heterocycles. The van der Waals surface area contributed by atoms with E-state index in [1.165, 1.54) is 5.56 Å². The summed E-state index contributed by atoms with van der Waals surface area (Å²) in [5, 5.41) is 12.1. The Hall–Kier alpha value is -1.33. The molecule has 0 amide bonds. The number of nitrogens with one attached hydrogen (secondary N) is 1. The van der Waals surface area contributed by atoms with Gasteiger partial charge < -0.3 is 5.32 Å². The van der Waals surface area contributed by atoms with Crippen LogP contribution in [0.1, 0.15) is 25.3 Å². The zero-order chi connectivity index (χ0) is 10.4. The molecule has 1 aromatic carbocycles. The molecule has 1 N–H and O–H groups in total. The largest absolute Gasteiger partial charge is 0.302 e.